The quantitative estimate of drug-likeness (QED) is 0.857. The minimum Gasteiger partial charge on any atom is -0.497 e. The van der Waals surface area contributed by atoms with Crippen molar-refractivity contribution in [1.29, 1.82) is 0 Å². The normalized spacial score (nSPS) is 16.3. The molecule has 1 N–H and O–H groups in total. The van der Waals surface area contributed by atoms with Crippen molar-refractivity contribution in [2.45, 2.75) is 5.37 Å². The summed E-state index contributed by atoms with van der Waals surface area (Å²) >= 11 is 1.70. The summed E-state index contributed by atoms with van der Waals surface area (Å²) in [5.41, 5.74) is 1.62. The molecule has 0 aliphatic carbocycles. The van der Waals surface area contributed by atoms with Gasteiger partial charge >= 0.3 is 6.03 Å². The number of hydrogen-bond donors (Lipinski definition) is 1. The van der Waals surface area contributed by atoms with Gasteiger partial charge in [0.05, 0.1) is 21.3 Å². The maximum absolute atomic E-state index is 12.8. The Morgan fingerprint density at radius 1 is 1.12 bits per heavy atom. The lowest BCUT2D eigenvalue weighted by Gasteiger charge is -2.26. The molecule has 0 spiro atoms. The third-order valence-corrected chi connectivity index (χ3v) is 5.41. The highest BCUT2D eigenvalue weighted by molar-refractivity contribution is 7.99. The molecule has 2 aromatic carbocycles. The van der Waals surface area contributed by atoms with E-state index in [0.717, 1.165) is 11.3 Å². The van der Waals surface area contributed by atoms with Crippen molar-refractivity contribution in [2.75, 3.05) is 38.9 Å². The molecule has 1 heterocycles. The number of amides is 2. The number of urea groups is 1. The number of carbonyl (C=O) groups excluding carboxylic acids is 1. The van der Waals surface area contributed by atoms with Gasteiger partial charge in [-0.1, -0.05) is 18.2 Å². The molecule has 7 heteroatoms. The van der Waals surface area contributed by atoms with Crippen molar-refractivity contribution in [3.05, 3.63) is 48.0 Å². The Hall–Kier alpha value is -2.54. The van der Waals surface area contributed by atoms with E-state index in [4.69, 9.17) is 14.2 Å². The van der Waals surface area contributed by atoms with E-state index in [1.165, 1.54) is 0 Å². The van der Waals surface area contributed by atoms with Crippen molar-refractivity contribution in [3.8, 4) is 17.2 Å². The summed E-state index contributed by atoms with van der Waals surface area (Å²) in [6, 6.07) is 12.9. The largest absolute Gasteiger partial charge is 0.497 e. The molecule has 1 aliphatic rings. The third kappa shape index (κ3) is 3.67. The van der Waals surface area contributed by atoms with Crippen LogP contribution in [0.3, 0.4) is 0 Å². The molecule has 2 amide bonds. The molecule has 1 saturated heterocycles. The van der Waals surface area contributed by atoms with E-state index in [1.807, 2.05) is 36.4 Å². The second kappa shape index (κ2) is 8.23. The van der Waals surface area contributed by atoms with E-state index in [-0.39, 0.29) is 11.4 Å². The van der Waals surface area contributed by atoms with E-state index in [1.54, 1.807) is 44.1 Å². The van der Waals surface area contributed by atoms with Gasteiger partial charge in [0, 0.05) is 29.6 Å². The fourth-order valence-electron chi connectivity index (χ4n) is 2.94. The van der Waals surface area contributed by atoms with E-state index in [2.05, 4.69) is 5.32 Å². The smallest absolute Gasteiger partial charge is 0.323 e. The summed E-state index contributed by atoms with van der Waals surface area (Å²) in [7, 11) is 4.82. The van der Waals surface area contributed by atoms with Crippen LogP contribution < -0.4 is 19.5 Å². The second-order valence-electron chi connectivity index (χ2n) is 5.66. The molecule has 1 fully saturated rings. The molecule has 1 aliphatic heterocycles. The zero-order chi connectivity index (χ0) is 18.5. The number of anilines is 1. The Morgan fingerprint density at radius 2 is 1.92 bits per heavy atom. The molecular weight excluding hydrogens is 352 g/mol. The Kier molecular flexibility index (Phi) is 5.78. The number of methoxy groups -OCH3 is 3. The minimum atomic E-state index is -0.155. The van der Waals surface area contributed by atoms with Crippen LogP contribution >= 0.6 is 11.8 Å². The molecule has 138 valence electrons. The molecule has 6 nitrogen and oxygen atoms in total. The van der Waals surface area contributed by atoms with Gasteiger partial charge in [-0.3, -0.25) is 0 Å². The number of ether oxygens (including phenoxy) is 3. The van der Waals surface area contributed by atoms with Crippen molar-refractivity contribution >= 4 is 23.5 Å². The summed E-state index contributed by atoms with van der Waals surface area (Å²) in [6.07, 6.45) is 0. The summed E-state index contributed by atoms with van der Waals surface area (Å²) in [4.78, 5) is 14.6. The fraction of sp³-hybridized carbons (Fsp3) is 0.316. The fourth-order valence-corrected chi connectivity index (χ4v) is 4.21. The third-order valence-electron chi connectivity index (χ3n) is 4.17. The van der Waals surface area contributed by atoms with Crippen molar-refractivity contribution in [1.82, 2.24) is 4.90 Å². The van der Waals surface area contributed by atoms with Gasteiger partial charge in [0.25, 0.3) is 0 Å². The Balaban J connectivity index is 1.83. The molecule has 0 aromatic heterocycles. The Labute approximate surface area is 157 Å². The molecule has 3 rings (SSSR count). The van der Waals surface area contributed by atoms with Crippen molar-refractivity contribution < 1.29 is 19.0 Å². The van der Waals surface area contributed by atoms with Crippen LogP contribution in [-0.2, 0) is 0 Å². The lowest BCUT2D eigenvalue weighted by atomic mass is 10.1. The Morgan fingerprint density at radius 3 is 2.65 bits per heavy atom. The summed E-state index contributed by atoms with van der Waals surface area (Å²) < 4.78 is 16.1. The highest BCUT2D eigenvalue weighted by Gasteiger charge is 2.33. The van der Waals surface area contributed by atoms with E-state index >= 15 is 0 Å². The van der Waals surface area contributed by atoms with Crippen molar-refractivity contribution in [3.63, 3.8) is 0 Å². The van der Waals surface area contributed by atoms with Crippen LogP contribution in [-0.4, -0.2) is 44.6 Å². The first-order chi connectivity index (χ1) is 12.7. The van der Waals surface area contributed by atoms with Gasteiger partial charge in [0.15, 0.2) is 11.5 Å². The van der Waals surface area contributed by atoms with Gasteiger partial charge in [-0.2, -0.15) is 0 Å². The Bertz CT molecular complexity index is 784. The number of nitrogens with one attached hydrogen (secondary N) is 1. The monoisotopic (exact) mass is 374 g/mol. The van der Waals surface area contributed by atoms with E-state index < -0.39 is 0 Å². The number of nitrogens with zero attached hydrogens (tertiary/aromatic N) is 1. The lowest BCUT2D eigenvalue weighted by Crippen LogP contribution is -2.34. The highest BCUT2D eigenvalue weighted by Crippen LogP contribution is 2.45. The first-order valence-corrected chi connectivity index (χ1v) is 9.27. The molecule has 2 aromatic rings. The summed E-state index contributed by atoms with van der Waals surface area (Å²) in [6.45, 7) is 0.658. The van der Waals surface area contributed by atoms with Crippen LogP contribution in [0.5, 0.6) is 17.2 Å². The maximum atomic E-state index is 12.8. The van der Waals surface area contributed by atoms with Crippen LogP contribution in [0.1, 0.15) is 10.9 Å². The molecule has 0 radical (unpaired) electrons. The zero-order valence-corrected chi connectivity index (χ0v) is 15.8. The van der Waals surface area contributed by atoms with E-state index in [9.17, 15) is 4.79 Å². The minimum absolute atomic E-state index is 0.134. The zero-order valence-electron chi connectivity index (χ0n) is 15.0. The molecule has 0 saturated carbocycles. The topological polar surface area (TPSA) is 60.0 Å². The van der Waals surface area contributed by atoms with Gasteiger partial charge < -0.3 is 24.4 Å². The van der Waals surface area contributed by atoms with Crippen LogP contribution in [0.2, 0.25) is 0 Å². The average molecular weight is 374 g/mol. The SMILES string of the molecule is COc1cccc(NC(=O)N2CCS[C@H]2c2cccc(OC)c2OC)c1. The number of rotatable bonds is 5. The highest BCUT2D eigenvalue weighted by atomic mass is 32.2. The maximum Gasteiger partial charge on any atom is 0.323 e. The molecule has 0 unspecified atom stereocenters. The molecule has 1 atom stereocenters. The summed E-state index contributed by atoms with van der Waals surface area (Å²) in [5.74, 6) is 2.88. The number of benzene rings is 2. The first-order valence-electron chi connectivity index (χ1n) is 8.22. The predicted octanol–water partition coefficient (Wildman–Crippen LogP) is 3.99. The van der Waals surface area contributed by atoms with E-state index in [0.29, 0.717) is 29.5 Å². The predicted molar refractivity (Wildman–Crippen MR) is 103 cm³/mol. The van der Waals surface area contributed by atoms with Gasteiger partial charge in [-0.25, -0.2) is 4.79 Å². The van der Waals surface area contributed by atoms with Gasteiger partial charge in [0.2, 0.25) is 0 Å². The van der Waals surface area contributed by atoms with Crippen LogP contribution in [0.25, 0.3) is 0 Å². The standard InChI is InChI=1S/C19H22N2O4S/c1-23-14-7-4-6-13(12-14)20-19(22)21-10-11-26-18(21)15-8-5-9-16(24-2)17(15)25-3/h4-9,12,18H,10-11H2,1-3H3,(H,20,22)/t18-/m0/s1. The van der Waals surface area contributed by atoms with Crippen LogP contribution in [0, 0.1) is 0 Å². The van der Waals surface area contributed by atoms with Gasteiger partial charge in [-0.05, 0) is 18.2 Å². The number of para-hydroxylation sites is 1. The van der Waals surface area contributed by atoms with Crippen LogP contribution in [0.4, 0.5) is 10.5 Å². The average Bonchev–Trinajstić information content (AvgIpc) is 3.17. The number of hydrogen-bond acceptors (Lipinski definition) is 5. The van der Waals surface area contributed by atoms with Crippen molar-refractivity contribution in [2.24, 2.45) is 0 Å². The number of thioether (sulfide) groups is 1. The van der Waals surface area contributed by atoms with Gasteiger partial charge in [0.1, 0.15) is 11.1 Å². The summed E-state index contributed by atoms with van der Waals surface area (Å²) in [5, 5.41) is 2.81. The van der Waals surface area contributed by atoms with Gasteiger partial charge in [-0.15, -0.1) is 11.8 Å². The second-order valence-corrected chi connectivity index (χ2v) is 6.85. The lowest BCUT2D eigenvalue weighted by molar-refractivity contribution is 0.213. The number of carbonyl (C=O) groups is 1. The first kappa shape index (κ1) is 18.3. The molecule has 0 bridgehead atoms. The van der Waals surface area contributed by atoms with Crippen LogP contribution in [0.15, 0.2) is 42.5 Å². The molecular formula is C19H22N2O4S. The molecule has 26 heavy (non-hydrogen) atoms.